The van der Waals surface area contributed by atoms with Gasteiger partial charge in [-0.15, -0.1) is 5.10 Å². The normalized spacial score (nSPS) is 10.4. The summed E-state index contributed by atoms with van der Waals surface area (Å²) in [6.07, 6.45) is 1.48. The van der Waals surface area contributed by atoms with Crippen LogP contribution in [-0.4, -0.2) is 32.7 Å². The van der Waals surface area contributed by atoms with Crippen LogP contribution in [0.25, 0.3) is 5.69 Å². The molecule has 8 heteroatoms. The summed E-state index contributed by atoms with van der Waals surface area (Å²) in [6.45, 7) is 1.79. The number of nitrogens with one attached hydrogen (secondary N) is 1. The summed E-state index contributed by atoms with van der Waals surface area (Å²) in [5.41, 5.74) is 2.31. The maximum atomic E-state index is 12.0. The van der Waals surface area contributed by atoms with Gasteiger partial charge in [0, 0.05) is 6.07 Å². The Balaban J connectivity index is 1.61. The van der Waals surface area contributed by atoms with E-state index in [-0.39, 0.29) is 12.5 Å². The Bertz CT molecular complexity index is 851. The van der Waals surface area contributed by atoms with Gasteiger partial charge in [0.05, 0.1) is 16.4 Å². The molecule has 0 bridgehead atoms. The van der Waals surface area contributed by atoms with Gasteiger partial charge in [0.25, 0.3) is 5.91 Å². The molecule has 3 rings (SSSR count). The molecule has 122 valence electrons. The number of benzene rings is 2. The third-order valence-electron chi connectivity index (χ3n) is 3.20. The maximum Gasteiger partial charge on any atom is 0.262 e. The number of halogens is 1. The van der Waals surface area contributed by atoms with Gasteiger partial charge in [-0.25, -0.2) is 4.68 Å². The van der Waals surface area contributed by atoms with Gasteiger partial charge in [-0.1, -0.05) is 23.7 Å². The zero-order valence-corrected chi connectivity index (χ0v) is 13.6. The van der Waals surface area contributed by atoms with E-state index in [9.17, 15) is 4.79 Å². The average molecular weight is 344 g/mol. The summed E-state index contributed by atoms with van der Waals surface area (Å²) >= 11 is 6.09. The Morgan fingerprint density at radius 2 is 2.17 bits per heavy atom. The topological polar surface area (TPSA) is 81.9 Å². The molecule has 1 N–H and O–H groups in total. The highest BCUT2D eigenvalue weighted by molar-refractivity contribution is 6.33. The van der Waals surface area contributed by atoms with E-state index in [2.05, 4.69) is 20.8 Å². The van der Waals surface area contributed by atoms with Crippen LogP contribution in [0.1, 0.15) is 5.56 Å². The molecule has 0 unspecified atom stereocenters. The number of rotatable bonds is 5. The molecule has 2 aromatic carbocycles. The van der Waals surface area contributed by atoms with Gasteiger partial charge in [0.15, 0.2) is 6.61 Å². The summed E-state index contributed by atoms with van der Waals surface area (Å²) in [7, 11) is 0. The lowest BCUT2D eigenvalue weighted by atomic mass is 10.2. The van der Waals surface area contributed by atoms with Crippen LogP contribution in [-0.2, 0) is 4.79 Å². The minimum absolute atomic E-state index is 0.136. The lowest BCUT2D eigenvalue weighted by Gasteiger charge is -2.10. The fourth-order valence-electron chi connectivity index (χ4n) is 2.05. The third kappa shape index (κ3) is 3.88. The van der Waals surface area contributed by atoms with E-state index in [1.165, 1.54) is 11.0 Å². The Hall–Kier alpha value is -2.93. The summed E-state index contributed by atoms with van der Waals surface area (Å²) in [4.78, 5) is 12.0. The highest BCUT2D eigenvalue weighted by Crippen LogP contribution is 2.22. The Morgan fingerprint density at radius 3 is 2.92 bits per heavy atom. The number of tetrazole rings is 1. The molecule has 24 heavy (non-hydrogen) atoms. The Labute approximate surface area is 143 Å². The number of aryl methyl sites for hydroxylation is 1. The number of nitrogens with zero attached hydrogens (tertiary/aromatic N) is 4. The van der Waals surface area contributed by atoms with Gasteiger partial charge in [-0.2, -0.15) is 0 Å². The summed E-state index contributed by atoms with van der Waals surface area (Å²) < 4.78 is 7.00. The quantitative estimate of drug-likeness (QED) is 0.770. The van der Waals surface area contributed by atoms with Gasteiger partial charge in [-0.05, 0) is 47.2 Å². The van der Waals surface area contributed by atoms with Gasteiger partial charge < -0.3 is 10.1 Å². The first-order chi connectivity index (χ1) is 11.6. The van der Waals surface area contributed by atoms with Crippen LogP contribution in [0.3, 0.4) is 0 Å². The first-order valence-electron chi connectivity index (χ1n) is 7.14. The number of hydrogen-bond donors (Lipinski definition) is 1. The lowest BCUT2D eigenvalue weighted by molar-refractivity contribution is -0.118. The van der Waals surface area contributed by atoms with Crippen molar-refractivity contribution in [1.82, 2.24) is 20.2 Å². The van der Waals surface area contributed by atoms with Gasteiger partial charge in [-0.3, -0.25) is 4.79 Å². The van der Waals surface area contributed by atoms with Crippen LogP contribution in [0.15, 0.2) is 48.8 Å². The number of anilines is 1. The van der Waals surface area contributed by atoms with E-state index in [4.69, 9.17) is 16.3 Å². The van der Waals surface area contributed by atoms with E-state index in [1.54, 1.807) is 30.3 Å². The van der Waals surface area contributed by atoms with Crippen molar-refractivity contribution in [2.24, 2.45) is 0 Å². The first kappa shape index (κ1) is 15.9. The van der Waals surface area contributed by atoms with Crippen molar-refractivity contribution < 1.29 is 9.53 Å². The van der Waals surface area contributed by atoms with Crippen LogP contribution >= 0.6 is 11.6 Å². The molecule has 0 spiro atoms. The number of aromatic nitrogens is 4. The fraction of sp³-hybridized carbons (Fsp3) is 0.125. The molecule has 3 aromatic rings. The molecular weight excluding hydrogens is 330 g/mol. The van der Waals surface area contributed by atoms with Crippen molar-refractivity contribution >= 4 is 23.2 Å². The smallest absolute Gasteiger partial charge is 0.262 e. The van der Waals surface area contributed by atoms with Gasteiger partial charge >= 0.3 is 0 Å². The van der Waals surface area contributed by atoms with Crippen molar-refractivity contribution in [3.63, 3.8) is 0 Å². The van der Waals surface area contributed by atoms with E-state index >= 15 is 0 Å². The van der Waals surface area contributed by atoms with Gasteiger partial charge in [0.2, 0.25) is 0 Å². The van der Waals surface area contributed by atoms with Crippen molar-refractivity contribution in [3.8, 4) is 11.4 Å². The first-order valence-corrected chi connectivity index (χ1v) is 7.52. The predicted octanol–water partition coefficient (Wildman–Crippen LogP) is 2.64. The standard InChI is InChI=1S/C16H14ClN5O2/c1-11-5-6-15(14(17)7-11)19-16(23)9-24-13-4-2-3-12(8-13)22-10-18-20-21-22/h2-8,10H,9H2,1H3,(H,19,23). The molecule has 0 radical (unpaired) electrons. The number of carbonyl (C=O) groups excluding carboxylic acids is 1. The fourth-order valence-corrected chi connectivity index (χ4v) is 2.33. The second kappa shape index (κ2) is 7.10. The van der Waals surface area contributed by atoms with Crippen LogP contribution in [0.2, 0.25) is 5.02 Å². The number of ether oxygens (including phenoxy) is 1. The van der Waals surface area contributed by atoms with E-state index in [0.29, 0.717) is 16.5 Å². The molecule has 0 aliphatic rings. The van der Waals surface area contributed by atoms with Crippen LogP contribution in [0, 0.1) is 6.92 Å². The third-order valence-corrected chi connectivity index (χ3v) is 3.51. The number of amides is 1. The Kier molecular flexibility index (Phi) is 4.72. The van der Waals surface area contributed by atoms with Gasteiger partial charge in [0.1, 0.15) is 12.1 Å². The summed E-state index contributed by atoms with van der Waals surface area (Å²) in [5.74, 6) is 0.238. The summed E-state index contributed by atoms with van der Waals surface area (Å²) in [5, 5.41) is 14.2. The molecule has 0 atom stereocenters. The van der Waals surface area contributed by atoms with Crippen molar-refractivity contribution in [3.05, 3.63) is 59.4 Å². The number of hydrogen-bond acceptors (Lipinski definition) is 5. The molecule has 1 amide bonds. The molecule has 7 nitrogen and oxygen atoms in total. The average Bonchev–Trinajstić information content (AvgIpc) is 3.10. The molecule has 0 saturated heterocycles. The Morgan fingerprint density at radius 1 is 1.29 bits per heavy atom. The molecule has 0 aliphatic carbocycles. The zero-order valence-electron chi connectivity index (χ0n) is 12.8. The van der Waals surface area contributed by atoms with E-state index in [1.807, 2.05) is 19.1 Å². The maximum absolute atomic E-state index is 12.0. The van der Waals surface area contributed by atoms with E-state index in [0.717, 1.165) is 11.3 Å². The van der Waals surface area contributed by atoms with Crippen molar-refractivity contribution in [2.75, 3.05) is 11.9 Å². The van der Waals surface area contributed by atoms with E-state index < -0.39 is 0 Å². The highest BCUT2D eigenvalue weighted by Gasteiger charge is 2.08. The van der Waals surface area contributed by atoms with Crippen LogP contribution < -0.4 is 10.1 Å². The van der Waals surface area contributed by atoms with Crippen molar-refractivity contribution in [2.45, 2.75) is 6.92 Å². The molecule has 0 saturated carbocycles. The van der Waals surface area contributed by atoms with Crippen LogP contribution in [0.5, 0.6) is 5.75 Å². The SMILES string of the molecule is Cc1ccc(NC(=O)COc2cccc(-n3cnnn3)c2)c(Cl)c1. The van der Waals surface area contributed by atoms with Crippen LogP contribution in [0.4, 0.5) is 5.69 Å². The summed E-state index contributed by atoms with van der Waals surface area (Å²) in [6, 6.07) is 12.5. The second-order valence-corrected chi connectivity index (χ2v) is 5.48. The minimum Gasteiger partial charge on any atom is -0.484 e. The molecule has 1 heterocycles. The highest BCUT2D eigenvalue weighted by atomic mass is 35.5. The second-order valence-electron chi connectivity index (χ2n) is 5.07. The number of carbonyl (C=O) groups is 1. The molecule has 1 aromatic heterocycles. The van der Waals surface area contributed by atoms with Crippen molar-refractivity contribution in [1.29, 1.82) is 0 Å². The molecule has 0 fully saturated rings. The zero-order chi connectivity index (χ0) is 16.9. The monoisotopic (exact) mass is 343 g/mol. The molecular formula is C16H14ClN5O2. The molecule has 0 aliphatic heterocycles. The lowest BCUT2D eigenvalue weighted by Crippen LogP contribution is -2.20. The largest absolute Gasteiger partial charge is 0.484 e. The predicted molar refractivity (Wildman–Crippen MR) is 89.5 cm³/mol. The minimum atomic E-state index is -0.298.